The van der Waals surface area contributed by atoms with Gasteiger partial charge in [0.25, 0.3) is 0 Å². The van der Waals surface area contributed by atoms with Gasteiger partial charge in [0.15, 0.2) is 0 Å². The summed E-state index contributed by atoms with van der Waals surface area (Å²) in [6.45, 7) is 0. The van der Waals surface area contributed by atoms with Gasteiger partial charge in [-0.2, -0.15) is 0 Å². The summed E-state index contributed by atoms with van der Waals surface area (Å²) in [4.78, 5) is 15.9. The van der Waals surface area contributed by atoms with E-state index in [4.69, 9.17) is 0 Å². The van der Waals surface area contributed by atoms with Crippen molar-refractivity contribution in [3.05, 3.63) is 120 Å². The molecule has 0 bridgehead atoms. The lowest BCUT2D eigenvalue weighted by molar-refractivity contribution is 0.951. The van der Waals surface area contributed by atoms with E-state index in [2.05, 4.69) is 56.4 Å². The Hall–Kier alpha value is -3.66. The van der Waals surface area contributed by atoms with E-state index in [0.717, 1.165) is 24.0 Å². The summed E-state index contributed by atoms with van der Waals surface area (Å²) in [5.41, 5.74) is 4.96. The lowest BCUT2D eigenvalue weighted by atomic mass is 10.1. The molecule has 0 fully saturated rings. The van der Waals surface area contributed by atoms with Crippen molar-refractivity contribution in [1.82, 2.24) is 19.9 Å². The Balaban J connectivity index is 0.000000161. The molecule has 0 radical (unpaired) electrons. The summed E-state index contributed by atoms with van der Waals surface area (Å²) in [7, 11) is 0. The number of hydrogen-bond acceptors (Lipinski definition) is 4. The van der Waals surface area contributed by atoms with Gasteiger partial charge in [0, 0.05) is 49.6 Å². The zero-order chi connectivity index (χ0) is 19.3. The highest BCUT2D eigenvalue weighted by molar-refractivity contribution is 5.68. The lowest BCUT2D eigenvalue weighted by Gasteiger charge is -2.00. The molecule has 0 N–H and O–H groups in total. The molecule has 0 aliphatic rings. The Labute approximate surface area is 165 Å². The summed E-state index contributed by atoms with van der Waals surface area (Å²) in [6.07, 6.45) is 20.7. The van der Waals surface area contributed by atoms with Gasteiger partial charge in [0.05, 0.1) is 0 Å². The average molecular weight is 366 g/mol. The smallest absolute Gasteiger partial charge is 0.0273 e. The first-order valence-corrected chi connectivity index (χ1v) is 9.16. The number of nitrogens with zero attached hydrogens (tertiary/aromatic N) is 4. The highest BCUT2D eigenvalue weighted by atomic mass is 14.6. The second-order valence-electron chi connectivity index (χ2n) is 6.11. The minimum absolute atomic E-state index is 1.06. The Morgan fingerprint density at radius 3 is 1.04 bits per heavy atom. The maximum Gasteiger partial charge on any atom is 0.0273 e. The van der Waals surface area contributed by atoms with Gasteiger partial charge in [0.1, 0.15) is 0 Å². The average Bonchev–Trinajstić information content (AvgIpc) is 2.80. The Morgan fingerprint density at radius 1 is 0.429 bits per heavy atom. The van der Waals surface area contributed by atoms with E-state index >= 15 is 0 Å². The SMILES string of the molecule is C(=Cc1ccncc1)c1ccncc1.c1cc(CCc2ccncc2)ccn1. The molecule has 4 aromatic heterocycles. The fourth-order valence-corrected chi connectivity index (χ4v) is 2.53. The molecule has 4 nitrogen and oxygen atoms in total. The Bertz CT molecular complexity index is 860. The third-order valence-electron chi connectivity index (χ3n) is 4.08. The predicted octanol–water partition coefficient (Wildman–Crippen LogP) is 4.91. The number of rotatable bonds is 5. The third-order valence-corrected chi connectivity index (χ3v) is 4.08. The van der Waals surface area contributed by atoms with E-state index in [-0.39, 0.29) is 0 Å². The van der Waals surface area contributed by atoms with Crippen LogP contribution in [0, 0.1) is 0 Å². The van der Waals surface area contributed by atoms with Gasteiger partial charge in [0.2, 0.25) is 0 Å². The minimum Gasteiger partial charge on any atom is -0.265 e. The van der Waals surface area contributed by atoms with Crippen LogP contribution in [-0.4, -0.2) is 19.9 Å². The lowest BCUT2D eigenvalue weighted by Crippen LogP contribution is -1.91. The van der Waals surface area contributed by atoms with Crippen LogP contribution in [0.15, 0.2) is 98.1 Å². The van der Waals surface area contributed by atoms with E-state index in [1.54, 1.807) is 24.8 Å². The van der Waals surface area contributed by atoms with Crippen LogP contribution in [0.2, 0.25) is 0 Å². The van der Waals surface area contributed by atoms with Gasteiger partial charge in [-0.25, -0.2) is 0 Å². The van der Waals surface area contributed by atoms with Crippen molar-refractivity contribution in [2.24, 2.45) is 0 Å². The van der Waals surface area contributed by atoms with Crippen LogP contribution in [0.25, 0.3) is 12.2 Å². The maximum absolute atomic E-state index is 3.99. The summed E-state index contributed by atoms with van der Waals surface area (Å²) in [5, 5.41) is 0. The highest BCUT2D eigenvalue weighted by Crippen LogP contribution is 2.06. The van der Waals surface area contributed by atoms with E-state index in [1.807, 2.05) is 49.1 Å². The first kappa shape index (κ1) is 19.1. The van der Waals surface area contributed by atoms with E-state index in [0.29, 0.717) is 0 Å². The summed E-state index contributed by atoms with van der Waals surface area (Å²) in [5.74, 6) is 0. The topological polar surface area (TPSA) is 51.6 Å². The molecule has 0 spiro atoms. The zero-order valence-electron chi connectivity index (χ0n) is 15.6. The fraction of sp³-hybridized carbons (Fsp3) is 0.0833. The van der Waals surface area contributed by atoms with Crippen LogP contribution in [0.5, 0.6) is 0 Å². The molecule has 138 valence electrons. The molecule has 4 rings (SSSR count). The fourth-order valence-electron chi connectivity index (χ4n) is 2.53. The maximum atomic E-state index is 3.99. The van der Waals surface area contributed by atoms with Crippen LogP contribution < -0.4 is 0 Å². The van der Waals surface area contributed by atoms with E-state index in [1.165, 1.54) is 11.1 Å². The number of aryl methyl sites for hydroxylation is 2. The van der Waals surface area contributed by atoms with Gasteiger partial charge in [-0.15, -0.1) is 0 Å². The largest absolute Gasteiger partial charge is 0.265 e. The van der Waals surface area contributed by atoms with Crippen molar-refractivity contribution < 1.29 is 0 Å². The first-order chi connectivity index (χ1) is 13.9. The first-order valence-electron chi connectivity index (χ1n) is 9.16. The number of pyridine rings is 4. The molecule has 0 amide bonds. The quantitative estimate of drug-likeness (QED) is 0.504. The van der Waals surface area contributed by atoms with Crippen LogP contribution in [0.3, 0.4) is 0 Å². The normalized spacial score (nSPS) is 10.3. The molecule has 0 saturated heterocycles. The van der Waals surface area contributed by atoms with Gasteiger partial charge >= 0.3 is 0 Å². The van der Waals surface area contributed by atoms with Gasteiger partial charge < -0.3 is 0 Å². The molecule has 4 heteroatoms. The zero-order valence-corrected chi connectivity index (χ0v) is 15.6. The molecule has 0 unspecified atom stereocenters. The highest BCUT2D eigenvalue weighted by Gasteiger charge is 1.94. The molecule has 4 heterocycles. The van der Waals surface area contributed by atoms with Crippen molar-refractivity contribution in [1.29, 1.82) is 0 Å². The minimum atomic E-state index is 1.06. The standard InChI is InChI=1S/C12H12N2.C12H10N2/c2*1(11-3-7-13-8-4-11)2-12-5-9-14-10-6-12/h3-10H,1-2H2;1-10H. The second kappa shape index (κ2) is 11.1. The van der Waals surface area contributed by atoms with Crippen LogP contribution in [0.4, 0.5) is 0 Å². The van der Waals surface area contributed by atoms with Crippen LogP contribution >= 0.6 is 0 Å². The molecule has 0 atom stereocenters. The molecule has 0 aromatic carbocycles. The monoisotopic (exact) mass is 366 g/mol. The van der Waals surface area contributed by atoms with Crippen molar-refractivity contribution in [2.75, 3.05) is 0 Å². The summed E-state index contributed by atoms with van der Waals surface area (Å²) >= 11 is 0. The van der Waals surface area contributed by atoms with E-state index < -0.39 is 0 Å². The van der Waals surface area contributed by atoms with Crippen molar-refractivity contribution in [3.63, 3.8) is 0 Å². The molecule has 0 aliphatic carbocycles. The van der Waals surface area contributed by atoms with Gasteiger partial charge in [-0.1, -0.05) is 12.2 Å². The molecular formula is C24H22N4. The Morgan fingerprint density at radius 2 is 0.714 bits per heavy atom. The van der Waals surface area contributed by atoms with Crippen molar-refractivity contribution in [3.8, 4) is 0 Å². The molecule has 4 aromatic rings. The predicted molar refractivity (Wildman–Crippen MR) is 113 cm³/mol. The summed E-state index contributed by atoms with van der Waals surface area (Å²) in [6, 6.07) is 16.1. The van der Waals surface area contributed by atoms with Crippen LogP contribution in [-0.2, 0) is 12.8 Å². The Kier molecular flexibility index (Phi) is 7.60. The molecule has 0 aliphatic heterocycles. The van der Waals surface area contributed by atoms with Crippen LogP contribution in [0.1, 0.15) is 22.3 Å². The molecule has 0 saturated carbocycles. The number of hydrogen-bond donors (Lipinski definition) is 0. The van der Waals surface area contributed by atoms with Gasteiger partial charge in [-0.05, 0) is 83.6 Å². The van der Waals surface area contributed by atoms with Crippen molar-refractivity contribution in [2.45, 2.75) is 12.8 Å². The summed E-state index contributed by atoms with van der Waals surface area (Å²) < 4.78 is 0. The third kappa shape index (κ3) is 6.92. The second-order valence-corrected chi connectivity index (χ2v) is 6.11. The van der Waals surface area contributed by atoms with Crippen molar-refractivity contribution >= 4 is 12.2 Å². The van der Waals surface area contributed by atoms with Gasteiger partial charge in [-0.3, -0.25) is 19.9 Å². The molecule has 28 heavy (non-hydrogen) atoms. The number of aromatic nitrogens is 4. The molecular weight excluding hydrogens is 344 g/mol. The van der Waals surface area contributed by atoms with E-state index in [9.17, 15) is 0 Å².